The van der Waals surface area contributed by atoms with Crippen LogP contribution in [-0.4, -0.2) is 30.0 Å². The lowest BCUT2D eigenvalue weighted by Gasteiger charge is -2.34. The van der Waals surface area contributed by atoms with Crippen molar-refractivity contribution in [1.29, 1.82) is 0 Å². The van der Waals surface area contributed by atoms with Gasteiger partial charge < -0.3 is 10.2 Å². The second-order valence-corrected chi connectivity index (χ2v) is 9.93. The molecule has 0 spiro atoms. The van der Waals surface area contributed by atoms with Gasteiger partial charge in [-0.1, -0.05) is 57.0 Å². The molecule has 0 aromatic heterocycles. The predicted molar refractivity (Wildman–Crippen MR) is 132 cm³/mol. The average Bonchev–Trinajstić information content (AvgIpc) is 2.83. The van der Waals surface area contributed by atoms with Gasteiger partial charge in [-0.05, 0) is 61.1 Å². The summed E-state index contributed by atoms with van der Waals surface area (Å²) in [4.78, 5) is 26.5. The van der Waals surface area contributed by atoms with Crippen LogP contribution in [0.3, 0.4) is 0 Å². The second-order valence-electron chi connectivity index (χ2n) is 9.93. The molecule has 6 nitrogen and oxygen atoms in total. The van der Waals surface area contributed by atoms with Gasteiger partial charge in [-0.15, -0.1) is 0 Å². The maximum Gasteiger partial charge on any atom is 0.293 e. The Kier molecular flexibility index (Phi) is 7.31. The molecule has 2 aromatic carbocycles. The molecule has 3 atom stereocenters. The van der Waals surface area contributed by atoms with Crippen LogP contribution >= 0.6 is 0 Å². The first-order chi connectivity index (χ1) is 15.9. The van der Waals surface area contributed by atoms with Crippen LogP contribution in [-0.2, 0) is 6.42 Å². The van der Waals surface area contributed by atoms with Crippen molar-refractivity contribution in [2.24, 2.45) is 17.8 Å². The van der Waals surface area contributed by atoms with E-state index < -0.39 is 0 Å². The largest absolute Gasteiger partial charge is 0.366 e. The van der Waals surface area contributed by atoms with Gasteiger partial charge in [0.05, 0.1) is 4.92 Å². The Labute approximate surface area is 196 Å². The molecule has 1 amide bonds. The molecule has 1 saturated heterocycles. The first-order valence-corrected chi connectivity index (χ1v) is 12.3. The third kappa shape index (κ3) is 5.55. The maximum absolute atomic E-state index is 12.9. The zero-order valence-electron chi connectivity index (χ0n) is 19.7. The summed E-state index contributed by atoms with van der Waals surface area (Å²) in [5.74, 6) is 1.37. The molecule has 2 aliphatic rings. The van der Waals surface area contributed by atoms with Gasteiger partial charge in [0, 0.05) is 30.8 Å². The Morgan fingerprint density at radius 2 is 1.79 bits per heavy atom. The lowest BCUT2D eigenvalue weighted by Crippen LogP contribution is -2.43. The highest BCUT2D eigenvalue weighted by molar-refractivity contribution is 5.96. The van der Waals surface area contributed by atoms with Gasteiger partial charge in [0.15, 0.2) is 0 Å². The second kappa shape index (κ2) is 10.4. The molecule has 1 N–H and O–H groups in total. The van der Waals surface area contributed by atoms with Crippen LogP contribution in [0, 0.1) is 27.9 Å². The fourth-order valence-electron chi connectivity index (χ4n) is 5.44. The summed E-state index contributed by atoms with van der Waals surface area (Å²) in [6.45, 7) is 6.00. The molecule has 3 unspecified atom stereocenters. The van der Waals surface area contributed by atoms with E-state index in [1.807, 2.05) is 6.07 Å². The van der Waals surface area contributed by atoms with Crippen LogP contribution < -0.4 is 10.2 Å². The number of piperidine rings is 1. The number of amides is 1. The Morgan fingerprint density at radius 1 is 1.06 bits per heavy atom. The predicted octanol–water partition coefficient (Wildman–Crippen LogP) is 5.61. The normalized spacial score (nSPS) is 23.8. The summed E-state index contributed by atoms with van der Waals surface area (Å²) in [7, 11) is 0. The molecule has 0 bridgehead atoms. The molecular formula is C27H35N3O3. The van der Waals surface area contributed by atoms with Crippen molar-refractivity contribution in [3.05, 3.63) is 69.8 Å². The fraction of sp³-hybridized carbons (Fsp3) is 0.519. The maximum atomic E-state index is 12.9. The summed E-state index contributed by atoms with van der Waals surface area (Å²) in [6.07, 6.45) is 6.33. The standard InChI is InChI=1S/C27H35N3O3/c1-19-7-6-10-24(20(19)2)28-27(31)23-11-12-25(26(18-23)30(32)33)29-15-13-22(14-16-29)17-21-8-4-3-5-9-21/h3-5,8-9,11-12,18-20,22,24H,6-7,10,13-17H2,1-2H3,(H,28,31). The first-order valence-electron chi connectivity index (χ1n) is 12.3. The number of nitro benzene ring substituents is 1. The van der Waals surface area contributed by atoms with E-state index >= 15 is 0 Å². The first kappa shape index (κ1) is 23.3. The van der Waals surface area contributed by atoms with E-state index in [1.165, 1.54) is 18.1 Å². The van der Waals surface area contributed by atoms with Gasteiger partial charge in [0.2, 0.25) is 0 Å². The van der Waals surface area contributed by atoms with Gasteiger partial charge in [0.25, 0.3) is 11.6 Å². The van der Waals surface area contributed by atoms with Gasteiger partial charge in [-0.2, -0.15) is 0 Å². The van der Waals surface area contributed by atoms with Gasteiger partial charge in [-0.3, -0.25) is 14.9 Å². The Hall–Kier alpha value is -2.89. The Morgan fingerprint density at radius 3 is 2.48 bits per heavy atom. The molecule has 0 radical (unpaired) electrons. The molecule has 4 rings (SSSR count). The van der Waals surface area contributed by atoms with Crippen LogP contribution in [0.25, 0.3) is 0 Å². The Balaban J connectivity index is 1.42. The van der Waals surface area contributed by atoms with E-state index in [2.05, 4.69) is 48.3 Å². The zero-order chi connectivity index (χ0) is 23.4. The van der Waals surface area contributed by atoms with Gasteiger partial charge >= 0.3 is 0 Å². The summed E-state index contributed by atoms with van der Waals surface area (Å²) < 4.78 is 0. The number of carbonyl (C=O) groups excluding carboxylic acids is 1. The molecule has 176 valence electrons. The molecular weight excluding hydrogens is 414 g/mol. The van der Waals surface area contributed by atoms with Crippen LogP contribution in [0.1, 0.15) is 61.9 Å². The van der Waals surface area contributed by atoms with E-state index in [0.29, 0.717) is 29.0 Å². The van der Waals surface area contributed by atoms with Crippen LogP contribution in [0.4, 0.5) is 11.4 Å². The zero-order valence-corrected chi connectivity index (χ0v) is 19.7. The highest BCUT2D eigenvalue weighted by Crippen LogP contribution is 2.34. The molecule has 1 saturated carbocycles. The topological polar surface area (TPSA) is 75.5 Å². The molecule has 1 aliphatic heterocycles. The number of nitro groups is 1. The van der Waals surface area contributed by atoms with Crippen molar-refractivity contribution in [2.45, 2.75) is 58.4 Å². The van der Waals surface area contributed by atoms with E-state index in [-0.39, 0.29) is 22.6 Å². The van der Waals surface area contributed by atoms with Gasteiger partial charge in [-0.25, -0.2) is 0 Å². The minimum absolute atomic E-state index is 0.0224. The van der Waals surface area contributed by atoms with Crippen LogP contribution in [0.15, 0.2) is 48.5 Å². The number of carbonyl (C=O) groups is 1. The number of anilines is 1. The summed E-state index contributed by atoms with van der Waals surface area (Å²) >= 11 is 0. The molecule has 2 fully saturated rings. The molecule has 2 aromatic rings. The summed E-state index contributed by atoms with van der Waals surface area (Å²) in [5, 5.41) is 15.0. The number of rotatable bonds is 6. The number of hydrogen-bond donors (Lipinski definition) is 1. The van der Waals surface area contributed by atoms with E-state index in [9.17, 15) is 14.9 Å². The van der Waals surface area contributed by atoms with Crippen molar-refractivity contribution in [2.75, 3.05) is 18.0 Å². The summed E-state index contributed by atoms with van der Waals surface area (Å²) in [6, 6.07) is 15.6. The van der Waals surface area contributed by atoms with Crippen LogP contribution in [0.5, 0.6) is 0 Å². The fourth-order valence-corrected chi connectivity index (χ4v) is 5.44. The monoisotopic (exact) mass is 449 g/mol. The third-order valence-electron chi connectivity index (χ3n) is 7.78. The quantitative estimate of drug-likeness (QED) is 0.459. The number of nitrogens with one attached hydrogen (secondary N) is 1. The third-order valence-corrected chi connectivity index (χ3v) is 7.78. The van der Waals surface area contributed by atoms with E-state index in [1.54, 1.807) is 12.1 Å². The van der Waals surface area contributed by atoms with Crippen molar-refractivity contribution in [3.8, 4) is 0 Å². The van der Waals surface area contributed by atoms with Crippen molar-refractivity contribution in [1.82, 2.24) is 5.32 Å². The minimum atomic E-state index is -0.354. The van der Waals surface area contributed by atoms with Crippen molar-refractivity contribution >= 4 is 17.3 Å². The molecule has 33 heavy (non-hydrogen) atoms. The summed E-state index contributed by atoms with van der Waals surface area (Å²) in [5.41, 5.74) is 2.36. The highest BCUT2D eigenvalue weighted by atomic mass is 16.6. The van der Waals surface area contributed by atoms with Crippen molar-refractivity contribution in [3.63, 3.8) is 0 Å². The molecule has 6 heteroatoms. The minimum Gasteiger partial charge on any atom is -0.366 e. The van der Waals surface area contributed by atoms with Crippen LogP contribution in [0.2, 0.25) is 0 Å². The molecule has 1 aliphatic carbocycles. The Bertz CT molecular complexity index is 970. The highest BCUT2D eigenvalue weighted by Gasteiger charge is 2.30. The SMILES string of the molecule is CC1CCCC(NC(=O)c2ccc(N3CCC(Cc4ccccc4)CC3)c([N+](=O)[O-])c2)C1C. The number of hydrogen-bond acceptors (Lipinski definition) is 4. The average molecular weight is 450 g/mol. The number of benzene rings is 2. The molecule has 1 heterocycles. The van der Waals surface area contributed by atoms with E-state index in [4.69, 9.17) is 0 Å². The van der Waals surface area contributed by atoms with E-state index in [0.717, 1.165) is 45.2 Å². The lowest BCUT2D eigenvalue weighted by atomic mass is 9.78. The van der Waals surface area contributed by atoms with Crippen molar-refractivity contribution < 1.29 is 9.72 Å². The van der Waals surface area contributed by atoms with Gasteiger partial charge in [0.1, 0.15) is 5.69 Å². The lowest BCUT2D eigenvalue weighted by molar-refractivity contribution is -0.384. The smallest absolute Gasteiger partial charge is 0.293 e. The number of nitrogens with zero attached hydrogens (tertiary/aromatic N) is 2.